The van der Waals surface area contributed by atoms with Crippen molar-refractivity contribution in [3.05, 3.63) is 23.9 Å². The Morgan fingerprint density at radius 2 is 2.38 bits per heavy atom. The zero-order valence-corrected chi connectivity index (χ0v) is 9.47. The second-order valence-electron chi connectivity index (χ2n) is 3.27. The van der Waals surface area contributed by atoms with Crippen molar-refractivity contribution in [3.63, 3.8) is 0 Å². The van der Waals surface area contributed by atoms with E-state index in [9.17, 15) is 4.79 Å². The largest absolute Gasteiger partial charge is 0.481 e. The predicted octanol–water partition coefficient (Wildman–Crippen LogP) is 0.523. The molecular weight excluding hydrogens is 208 g/mol. The molecule has 0 spiro atoms. The number of aromatic nitrogens is 1. The molecule has 0 aliphatic carbocycles. The Balaban J connectivity index is 2.61. The van der Waals surface area contributed by atoms with Gasteiger partial charge in [0.05, 0.1) is 13.7 Å². The van der Waals surface area contributed by atoms with E-state index in [4.69, 9.17) is 15.2 Å². The molecule has 0 bridgehead atoms. The van der Waals surface area contributed by atoms with Gasteiger partial charge in [-0.2, -0.15) is 0 Å². The Morgan fingerprint density at radius 3 is 3.00 bits per heavy atom. The van der Waals surface area contributed by atoms with Crippen molar-refractivity contribution >= 4 is 5.97 Å². The summed E-state index contributed by atoms with van der Waals surface area (Å²) in [6, 6.07) is 2.90. The van der Waals surface area contributed by atoms with Gasteiger partial charge in [-0.3, -0.25) is 4.79 Å². The normalized spacial score (nSPS) is 11.9. The monoisotopic (exact) mass is 224 g/mol. The summed E-state index contributed by atoms with van der Waals surface area (Å²) in [4.78, 5) is 15.3. The average molecular weight is 224 g/mol. The molecular formula is C11H16N2O3. The Hall–Kier alpha value is -1.62. The predicted molar refractivity (Wildman–Crippen MR) is 59.1 cm³/mol. The van der Waals surface area contributed by atoms with Gasteiger partial charge in [-0.25, -0.2) is 4.98 Å². The Labute approximate surface area is 94.6 Å². The molecule has 0 saturated carbocycles. The third kappa shape index (κ3) is 3.51. The van der Waals surface area contributed by atoms with Gasteiger partial charge >= 0.3 is 5.97 Å². The van der Waals surface area contributed by atoms with Crippen molar-refractivity contribution in [3.8, 4) is 5.88 Å². The van der Waals surface area contributed by atoms with Crippen LogP contribution in [-0.2, 0) is 16.0 Å². The second kappa shape index (κ2) is 6.07. The summed E-state index contributed by atoms with van der Waals surface area (Å²) in [5.41, 5.74) is 6.59. The van der Waals surface area contributed by atoms with Gasteiger partial charge in [-0.1, -0.05) is 0 Å². The van der Waals surface area contributed by atoms with Crippen LogP contribution < -0.4 is 10.5 Å². The fourth-order valence-electron chi connectivity index (χ4n) is 1.28. The summed E-state index contributed by atoms with van der Waals surface area (Å²) in [5.74, 6) is 0.117. The van der Waals surface area contributed by atoms with Crippen molar-refractivity contribution in [2.45, 2.75) is 19.4 Å². The van der Waals surface area contributed by atoms with E-state index in [0.717, 1.165) is 5.56 Å². The molecule has 1 heterocycles. The van der Waals surface area contributed by atoms with Crippen LogP contribution >= 0.6 is 0 Å². The smallest absolute Gasteiger partial charge is 0.323 e. The summed E-state index contributed by atoms with van der Waals surface area (Å²) < 4.78 is 9.80. The fraction of sp³-hybridized carbons (Fsp3) is 0.455. The van der Waals surface area contributed by atoms with Gasteiger partial charge < -0.3 is 15.2 Å². The third-order valence-corrected chi connectivity index (χ3v) is 2.05. The zero-order chi connectivity index (χ0) is 12.0. The van der Waals surface area contributed by atoms with Gasteiger partial charge in [0.15, 0.2) is 0 Å². The first-order valence-electron chi connectivity index (χ1n) is 5.08. The van der Waals surface area contributed by atoms with Crippen LogP contribution in [0.15, 0.2) is 18.3 Å². The second-order valence-corrected chi connectivity index (χ2v) is 3.27. The van der Waals surface area contributed by atoms with Crippen LogP contribution in [-0.4, -0.2) is 30.7 Å². The highest BCUT2D eigenvalue weighted by atomic mass is 16.5. The topological polar surface area (TPSA) is 74.4 Å². The molecule has 5 nitrogen and oxygen atoms in total. The maximum Gasteiger partial charge on any atom is 0.323 e. The van der Waals surface area contributed by atoms with Gasteiger partial charge in [0.2, 0.25) is 5.88 Å². The van der Waals surface area contributed by atoms with E-state index in [0.29, 0.717) is 18.9 Å². The number of ether oxygens (including phenoxy) is 2. The minimum atomic E-state index is -0.646. The first kappa shape index (κ1) is 12.4. The number of rotatable bonds is 5. The fourth-order valence-corrected chi connectivity index (χ4v) is 1.28. The van der Waals surface area contributed by atoms with Gasteiger partial charge in [-0.05, 0) is 25.0 Å². The zero-order valence-electron chi connectivity index (χ0n) is 9.47. The van der Waals surface area contributed by atoms with E-state index in [-0.39, 0.29) is 0 Å². The molecule has 0 fully saturated rings. The maximum absolute atomic E-state index is 11.3. The first-order valence-corrected chi connectivity index (χ1v) is 5.08. The van der Waals surface area contributed by atoms with Crippen LogP contribution in [0.1, 0.15) is 12.5 Å². The van der Waals surface area contributed by atoms with Crippen LogP contribution in [0.3, 0.4) is 0 Å². The van der Waals surface area contributed by atoms with Crippen LogP contribution in [0, 0.1) is 0 Å². The van der Waals surface area contributed by atoms with Gasteiger partial charge in [0.25, 0.3) is 0 Å². The molecule has 0 amide bonds. The first-order chi connectivity index (χ1) is 7.67. The third-order valence-electron chi connectivity index (χ3n) is 2.05. The van der Waals surface area contributed by atoms with E-state index in [1.807, 2.05) is 0 Å². The molecule has 5 heteroatoms. The number of esters is 1. The molecule has 1 aromatic heterocycles. The van der Waals surface area contributed by atoms with Crippen LogP contribution in [0.4, 0.5) is 0 Å². The van der Waals surface area contributed by atoms with Crippen molar-refractivity contribution < 1.29 is 14.3 Å². The van der Waals surface area contributed by atoms with Crippen LogP contribution in [0.25, 0.3) is 0 Å². The number of hydrogen-bond acceptors (Lipinski definition) is 5. The number of hydrogen-bond donors (Lipinski definition) is 1. The summed E-state index contributed by atoms with van der Waals surface area (Å²) in [7, 11) is 1.54. The van der Waals surface area contributed by atoms with Gasteiger partial charge in [0.1, 0.15) is 6.04 Å². The molecule has 0 unspecified atom stereocenters. The molecule has 0 saturated heterocycles. The standard InChI is InChI=1S/C11H16N2O3/c1-3-16-11(14)9(12)6-8-4-5-13-10(7-8)15-2/h4-5,7,9H,3,6,12H2,1-2H3/t9-/m0/s1. The Kier molecular flexibility index (Phi) is 4.72. The molecule has 1 aromatic rings. The lowest BCUT2D eigenvalue weighted by molar-refractivity contribution is -0.144. The quantitative estimate of drug-likeness (QED) is 0.738. The van der Waals surface area contributed by atoms with E-state index in [2.05, 4.69) is 4.98 Å². The SMILES string of the molecule is CCOC(=O)[C@@H](N)Cc1ccnc(OC)c1. The van der Waals surface area contributed by atoms with Crippen molar-refractivity contribution in [1.29, 1.82) is 0 Å². The van der Waals surface area contributed by atoms with E-state index >= 15 is 0 Å². The minimum absolute atomic E-state index is 0.339. The Morgan fingerprint density at radius 1 is 1.62 bits per heavy atom. The van der Waals surface area contributed by atoms with Gasteiger partial charge in [-0.15, -0.1) is 0 Å². The molecule has 1 rings (SSSR count). The number of carbonyl (C=O) groups excluding carboxylic acids is 1. The van der Waals surface area contributed by atoms with Gasteiger partial charge in [0, 0.05) is 12.3 Å². The van der Waals surface area contributed by atoms with E-state index in [1.54, 1.807) is 25.3 Å². The number of pyridine rings is 1. The van der Waals surface area contributed by atoms with Crippen LogP contribution in [0.2, 0.25) is 0 Å². The summed E-state index contributed by atoms with van der Waals surface area (Å²) in [6.45, 7) is 2.09. The van der Waals surface area contributed by atoms with Crippen molar-refractivity contribution in [2.24, 2.45) is 5.73 Å². The number of nitrogens with zero attached hydrogens (tertiary/aromatic N) is 1. The van der Waals surface area contributed by atoms with Crippen molar-refractivity contribution in [1.82, 2.24) is 4.98 Å². The highest BCUT2D eigenvalue weighted by Crippen LogP contribution is 2.10. The minimum Gasteiger partial charge on any atom is -0.481 e. The lowest BCUT2D eigenvalue weighted by Crippen LogP contribution is -2.34. The maximum atomic E-state index is 11.3. The van der Waals surface area contributed by atoms with Crippen LogP contribution in [0.5, 0.6) is 5.88 Å². The summed E-state index contributed by atoms with van der Waals surface area (Å²) in [5, 5.41) is 0. The molecule has 88 valence electrons. The lowest BCUT2D eigenvalue weighted by atomic mass is 10.1. The summed E-state index contributed by atoms with van der Waals surface area (Å²) in [6.07, 6.45) is 2.03. The number of methoxy groups -OCH3 is 1. The number of nitrogens with two attached hydrogens (primary N) is 1. The molecule has 1 atom stereocenters. The number of carbonyl (C=O) groups is 1. The Bertz CT molecular complexity index is 355. The van der Waals surface area contributed by atoms with Crippen molar-refractivity contribution in [2.75, 3.05) is 13.7 Å². The molecule has 0 radical (unpaired) electrons. The molecule has 2 N–H and O–H groups in total. The highest BCUT2D eigenvalue weighted by molar-refractivity contribution is 5.75. The molecule has 0 aliphatic heterocycles. The lowest BCUT2D eigenvalue weighted by Gasteiger charge is -2.10. The molecule has 0 aromatic carbocycles. The van der Waals surface area contributed by atoms with E-state index in [1.165, 1.54) is 7.11 Å². The molecule has 0 aliphatic rings. The molecule has 16 heavy (non-hydrogen) atoms. The highest BCUT2D eigenvalue weighted by Gasteiger charge is 2.15. The summed E-state index contributed by atoms with van der Waals surface area (Å²) >= 11 is 0. The average Bonchev–Trinajstić information content (AvgIpc) is 2.29. The van der Waals surface area contributed by atoms with E-state index < -0.39 is 12.0 Å².